The molecule has 0 unspecified atom stereocenters. The minimum absolute atomic E-state index is 0.0668. The second-order valence-electron chi connectivity index (χ2n) is 4.82. The standard InChI is InChI=1S/C13H13N3O3S/c1-6-10(11(19-16-6)8-3-4-8)12(18)15-13-14-5-9(20-13)7(2)17/h5,8H,3-4H2,1-2H3,(H,14,15,18). The summed E-state index contributed by atoms with van der Waals surface area (Å²) in [5.74, 6) is 0.613. The molecule has 0 spiro atoms. The van der Waals surface area contributed by atoms with E-state index in [4.69, 9.17) is 4.52 Å². The van der Waals surface area contributed by atoms with Crippen molar-refractivity contribution in [3.05, 3.63) is 28.1 Å². The molecule has 0 bridgehead atoms. The minimum atomic E-state index is -0.282. The molecule has 2 aromatic heterocycles. The molecule has 0 aliphatic heterocycles. The molecule has 1 aliphatic carbocycles. The Hall–Kier alpha value is -2.02. The molecule has 1 fully saturated rings. The molecule has 2 heterocycles. The van der Waals surface area contributed by atoms with Crippen LogP contribution in [0.4, 0.5) is 5.13 Å². The van der Waals surface area contributed by atoms with Gasteiger partial charge < -0.3 is 4.52 Å². The number of carbonyl (C=O) groups is 2. The second-order valence-corrected chi connectivity index (χ2v) is 5.85. The van der Waals surface area contributed by atoms with Gasteiger partial charge in [0, 0.05) is 12.8 Å². The van der Waals surface area contributed by atoms with Gasteiger partial charge in [0.05, 0.1) is 16.8 Å². The van der Waals surface area contributed by atoms with Crippen molar-refractivity contribution in [3.8, 4) is 0 Å². The van der Waals surface area contributed by atoms with Crippen molar-refractivity contribution in [3.63, 3.8) is 0 Å². The maximum Gasteiger partial charge on any atom is 0.262 e. The van der Waals surface area contributed by atoms with Gasteiger partial charge in [-0.05, 0) is 19.8 Å². The zero-order chi connectivity index (χ0) is 14.3. The number of anilines is 1. The Morgan fingerprint density at radius 3 is 2.80 bits per heavy atom. The first-order valence-electron chi connectivity index (χ1n) is 6.30. The van der Waals surface area contributed by atoms with Crippen LogP contribution in [0.2, 0.25) is 0 Å². The van der Waals surface area contributed by atoms with E-state index in [9.17, 15) is 9.59 Å². The maximum atomic E-state index is 12.3. The van der Waals surface area contributed by atoms with E-state index >= 15 is 0 Å². The highest BCUT2D eigenvalue weighted by Crippen LogP contribution is 2.42. The summed E-state index contributed by atoms with van der Waals surface area (Å²) in [4.78, 5) is 28.1. The first-order chi connectivity index (χ1) is 9.56. The van der Waals surface area contributed by atoms with Gasteiger partial charge in [0.2, 0.25) is 0 Å². The highest BCUT2D eigenvalue weighted by molar-refractivity contribution is 7.17. The van der Waals surface area contributed by atoms with Crippen LogP contribution in [0.1, 0.15) is 57.2 Å². The number of nitrogens with zero attached hydrogens (tertiary/aromatic N) is 2. The average Bonchev–Trinajstić information content (AvgIpc) is 3.00. The third kappa shape index (κ3) is 2.36. The number of nitrogens with one attached hydrogen (secondary N) is 1. The van der Waals surface area contributed by atoms with E-state index < -0.39 is 0 Å². The Morgan fingerprint density at radius 2 is 2.20 bits per heavy atom. The van der Waals surface area contributed by atoms with Crippen molar-refractivity contribution < 1.29 is 14.1 Å². The molecule has 1 saturated carbocycles. The number of thiazole rings is 1. The second kappa shape index (κ2) is 4.82. The van der Waals surface area contributed by atoms with Crippen molar-refractivity contribution in [2.75, 3.05) is 5.32 Å². The van der Waals surface area contributed by atoms with Gasteiger partial charge in [0.25, 0.3) is 5.91 Å². The van der Waals surface area contributed by atoms with Crippen molar-refractivity contribution in [1.29, 1.82) is 0 Å². The summed E-state index contributed by atoms with van der Waals surface area (Å²) in [5.41, 5.74) is 1.07. The molecule has 0 saturated heterocycles. The number of carbonyl (C=O) groups excluding carboxylic acids is 2. The quantitative estimate of drug-likeness (QED) is 0.875. The van der Waals surface area contributed by atoms with Gasteiger partial charge in [-0.2, -0.15) is 0 Å². The molecule has 2 aromatic rings. The summed E-state index contributed by atoms with van der Waals surface area (Å²) in [7, 11) is 0. The Balaban J connectivity index is 1.82. The smallest absolute Gasteiger partial charge is 0.262 e. The summed E-state index contributed by atoms with van der Waals surface area (Å²) in [5, 5.41) is 6.97. The van der Waals surface area contributed by atoms with Crippen LogP contribution in [0.15, 0.2) is 10.7 Å². The van der Waals surface area contributed by atoms with Gasteiger partial charge in [-0.15, -0.1) is 0 Å². The van der Waals surface area contributed by atoms with Crippen LogP contribution in [0.5, 0.6) is 0 Å². The van der Waals surface area contributed by atoms with Crippen molar-refractivity contribution >= 4 is 28.2 Å². The molecule has 104 valence electrons. The molecule has 6 nitrogen and oxygen atoms in total. The third-order valence-electron chi connectivity index (χ3n) is 3.14. The van der Waals surface area contributed by atoms with E-state index in [2.05, 4.69) is 15.5 Å². The predicted molar refractivity (Wildman–Crippen MR) is 73.3 cm³/mol. The topological polar surface area (TPSA) is 85.1 Å². The van der Waals surface area contributed by atoms with E-state index in [1.54, 1.807) is 6.92 Å². The first kappa shape index (κ1) is 13.0. The zero-order valence-electron chi connectivity index (χ0n) is 11.1. The van der Waals surface area contributed by atoms with Crippen molar-refractivity contribution in [1.82, 2.24) is 10.1 Å². The van der Waals surface area contributed by atoms with E-state index in [-0.39, 0.29) is 11.7 Å². The lowest BCUT2D eigenvalue weighted by Gasteiger charge is -2.01. The number of aryl methyl sites for hydroxylation is 1. The van der Waals surface area contributed by atoms with Crippen LogP contribution < -0.4 is 5.32 Å². The Labute approximate surface area is 119 Å². The fourth-order valence-electron chi connectivity index (χ4n) is 1.94. The van der Waals surface area contributed by atoms with Gasteiger partial charge in [-0.25, -0.2) is 4.98 Å². The fraction of sp³-hybridized carbons (Fsp3) is 0.385. The normalized spacial score (nSPS) is 14.3. The summed E-state index contributed by atoms with van der Waals surface area (Å²) in [6.45, 7) is 3.21. The van der Waals surface area contributed by atoms with Crippen molar-refractivity contribution in [2.24, 2.45) is 0 Å². The SMILES string of the molecule is CC(=O)c1cnc(NC(=O)c2c(C)noc2C2CC2)s1. The van der Waals surface area contributed by atoms with E-state index in [1.807, 2.05) is 0 Å². The molecule has 0 atom stereocenters. The van der Waals surface area contributed by atoms with E-state index in [0.29, 0.717) is 32.9 Å². The molecule has 7 heteroatoms. The van der Waals surface area contributed by atoms with E-state index in [0.717, 1.165) is 24.2 Å². The van der Waals surface area contributed by atoms with Crippen LogP contribution >= 0.6 is 11.3 Å². The lowest BCUT2D eigenvalue weighted by atomic mass is 10.1. The van der Waals surface area contributed by atoms with Gasteiger partial charge >= 0.3 is 0 Å². The van der Waals surface area contributed by atoms with Gasteiger partial charge in [0.1, 0.15) is 5.56 Å². The summed E-state index contributed by atoms with van der Waals surface area (Å²) in [6, 6.07) is 0. The fourth-order valence-corrected chi connectivity index (χ4v) is 2.65. The molecule has 1 amide bonds. The van der Waals surface area contributed by atoms with Crippen LogP contribution in [-0.4, -0.2) is 21.8 Å². The molecule has 0 radical (unpaired) electrons. The van der Waals surface area contributed by atoms with Crippen LogP contribution in [0.25, 0.3) is 0 Å². The Bertz CT molecular complexity index is 685. The summed E-state index contributed by atoms with van der Waals surface area (Å²) >= 11 is 1.16. The number of ketones is 1. The highest BCUT2D eigenvalue weighted by atomic mass is 32.1. The number of rotatable bonds is 4. The van der Waals surface area contributed by atoms with Gasteiger partial charge in [-0.3, -0.25) is 14.9 Å². The number of hydrogen-bond acceptors (Lipinski definition) is 6. The first-order valence-corrected chi connectivity index (χ1v) is 7.12. The van der Waals surface area contributed by atoms with Gasteiger partial charge in [-0.1, -0.05) is 16.5 Å². The van der Waals surface area contributed by atoms with Gasteiger partial charge in [0.15, 0.2) is 16.7 Å². The number of Topliss-reactive ketones (excluding diaryl/α,β-unsaturated/α-hetero) is 1. The zero-order valence-corrected chi connectivity index (χ0v) is 11.9. The summed E-state index contributed by atoms with van der Waals surface area (Å²) < 4.78 is 5.24. The lowest BCUT2D eigenvalue weighted by Crippen LogP contribution is -2.13. The average molecular weight is 291 g/mol. The summed E-state index contributed by atoms with van der Waals surface area (Å²) in [6.07, 6.45) is 3.52. The number of amides is 1. The molecule has 3 rings (SSSR count). The molecule has 20 heavy (non-hydrogen) atoms. The lowest BCUT2D eigenvalue weighted by molar-refractivity contribution is 0.101. The maximum absolute atomic E-state index is 12.3. The number of hydrogen-bond donors (Lipinski definition) is 1. The molecule has 1 aliphatic rings. The Morgan fingerprint density at radius 1 is 1.45 bits per heavy atom. The van der Waals surface area contributed by atoms with Crippen molar-refractivity contribution in [2.45, 2.75) is 32.6 Å². The molecular formula is C13H13N3O3S. The Kier molecular flexibility index (Phi) is 3.13. The van der Waals surface area contributed by atoms with Crippen LogP contribution in [0.3, 0.4) is 0 Å². The van der Waals surface area contributed by atoms with Crippen LogP contribution in [0, 0.1) is 6.92 Å². The number of aromatic nitrogens is 2. The largest absolute Gasteiger partial charge is 0.360 e. The van der Waals surface area contributed by atoms with E-state index in [1.165, 1.54) is 13.1 Å². The molecule has 1 N–H and O–H groups in total. The predicted octanol–water partition coefficient (Wildman–Crippen LogP) is 2.77. The molecular weight excluding hydrogens is 278 g/mol. The molecule has 0 aromatic carbocycles. The van der Waals surface area contributed by atoms with Crippen LogP contribution in [-0.2, 0) is 0 Å². The highest BCUT2D eigenvalue weighted by Gasteiger charge is 2.34. The third-order valence-corrected chi connectivity index (χ3v) is 4.15. The monoisotopic (exact) mass is 291 g/mol. The minimum Gasteiger partial charge on any atom is -0.360 e.